The maximum Gasteiger partial charge on any atom is 0.294 e. The van der Waals surface area contributed by atoms with E-state index >= 15 is 0 Å². The third kappa shape index (κ3) is 4.80. The van der Waals surface area contributed by atoms with Crippen LogP contribution in [-0.4, -0.2) is 48.7 Å². The molecule has 0 atom stereocenters. The van der Waals surface area contributed by atoms with Crippen molar-refractivity contribution in [3.05, 3.63) is 58.5 Å². The smallest absolute Gasteiger partial charge is 0.294 e. The summed E-state index contributed by atoms with van der Waals surface area (Å²) in [5.74, 6) is -0.222. The summed E-state index contributed by atoms with van der Waals surface area (Å²) in [5, 5.41) is 2.25. The number of carbonyl (C=O) groups excluding carboxylic acids is 3. The number of aryl methyl sites for hydroxylation is 1. The number of thioether (sulfide) groups is 1. The van der Waals surface area contributed by atoms with Crippen LogP contribution < -0.4 is 15.0 Å². The molecule has 1 N–H and O–H groups in total. The third-order valence-corrected chi connectivity index (χ3v) is 6.47. The summed E-state index contributed by atoms with van der Waals surface area (Å²) >= 11 is 0.860. The van der Waals surface area contributed by atoms with Crippen LogP contribution in [0.15, 0.2) is 47.4 Å². The Balaban J connectivity index is 1.42. The van der Waals surface area contributed by atoms with E-state index in [-0.39, 0.29) is 6.54 Å². The fraction of sp³-hybridized carbons (Fsp3) is 0.292. The number of ether oxygens (including phenoxy) is 1. The molecule has 0 spiro atoms. The van der Waals surface area contributed by atoms with Crippen molar-refractivity contribution in [2.45, 2.75) is 19.8 Å². The van der Waals surface area contributed by atoms with Crippen molar-refractivity contribution in [3.63, 3.8) is 0 Å². The van der Waals surface area contributed by atoms with Gasteiger partial charge in [-0.3, -0.25) is 19.3 Å². The molecule has 2 aromatic rings. The minimum absolute atomic E-state index is 0.323. The zero-order chi connectivity index (χ0) is 22.7. The van der Waals surface area contributed by atoms with Crippen LogP contribution in [0.2, 0.25) is 0 Å². The quantitative estimate of drug-likeness (QED) is 0.661. The van der Waals surface area contributed by atoms with E-state index < -0.39 is 17.1 Å². The van der Waals surface area contributed by atoms with Crippen LogP contribution in [-0.2, 0) is 9.59 Å². The van der Waals surface area contributed by atoms with E-state index in [4.69, 9.17) is 4.74 Å². The van der Waals surface area contributed by atoms with Gasteiger partial charge in [0.15, 0.2) is 0 Å². The SMILES string of the molecule is COc1ccc(NC(=O)CN2C(=O)S/C(=C\c3ccc(N4CCCC4)cc3C)C2=O)cc1. The van der Waals surface area contributed by atoms with Gasteiger partial charge < -0.3 is 15.0 Å². The molecule has 0 bridgehead atoms. The second-order valence-corrected chi connectivity index (χ2v) is 8.77. The maximum absolute atomic E-state index is 12.8. The lowest BCUT2D eigenvalue weighted by Crippen LogP contribution is -2.36. The highest BCUT2D eigenvalue weighted by molar-refractivity contribution is 8.18. The third-order valence-electron chi connectivity index (χ3n) is 5.56. The standard InChI is InChI=1S/C24H25N3O4S/c1-16-13-19(26-11-3-4-12-26)8-5-17(16)14-21-23(29)27(24(30)32-21)15-22(28)25-18-6-9-20(31-2)10-7-18/h5-10,13-14H,3-4,11-12,15H2,1-2H3,(H,25,28)/b21-14-. The molecule has 2 aliphatic rings. The molecule has 3 amide bonds. The Labute approximate surface area is 191 Å². The Kier molecular flexibility index (Phi) is 6.50. The van der Waals surface area contributed by atoms with E-state index in [0.29, 0.717) is 16.3 Å². The summed E-state index contributed by atoms with van der Waals surface area (Å²) in [6, 6.07) is 13.0. The molecule has 0 radical (unpaired) electrons. The highest BCUT2D eigenvalue weighted by Gasteiger charge is 2.36. The van der Waals surface area contributed by atoms with Crippen molar-refractivity contribution in [2.24, 2.45) is 0 Å². The van der Waals surface area contributed by atoms with Crippen LogP contribution in [0.3, 0.4) is 0 Å². The highest BCUT2D eigenvalue weighted by Crippen LogP contribution is 2.33. The molecule has 2 fully saturated rings. The van der Waals surface area contributed by atoms with Crippen molar-refractivity contribution in [2.75, 3.05) is 37.0 Å². The van der Waals surface area contributed by atoms with Gasteiger partial charge in [0, 0.05) is 24.5 Å². The first-order chi connectivity index (χ1) is 15.4. The molecule has 166 valence electrons. The van der Waals surface area contributed by atoms with Gasteiger partial charge in [0.25, 0.3) is 11.1 Å². The van der Waals surface area contributed by atoms with Gasteiger partial charge in [-0.2, -0.15) is 0 Å². The lowest BCUT2D eigenvalue weighted by atomic mass is 10.1. The van der Waals surface area contributed by atoms with Gasteiger partial charge in [-0.1, -0.05) is 6.07 Å². The van der Waals surface area contributed by atoms with E-state index in [1.807, 2.05) is 13.0 Å². The van der Waals surface area contributed by atoms with Crippen LogP contribution in [0.5, 0.6) is 5.75 Å². The van der Waals surface area contributed by atoms with Crippen LogP contribution in [0.4, 0.5) is 16.2 Å². The van der Waals surface area contributed by atoms with Crippen LogP contribution in [0, 0.1) is 6.92 Å². The minimum Gasteiger partial charge on any atom is -0.497 e. The van der Waals surface area contributed by atoms with E-state index in [1.54, 1.807) is 37.5 Å². The predicted molar refractivity (Wildman–Crippen MR) is 127 cm³/mol. The van der Waals surface area contributed by atoms with Gasteiger partial charge in [0.05, 0.1) is 12.0 Å². The molecule has 8 heteroatoms. The lowest BCUT2D eigenvalue weighted by molar-refractivity contribution is -0.127. The topological polar surface area (TPSA) is 79.0 Å². The largest absolute Gasteiger partial charge is 0.497 e. The Hall–Kier alpha value is -3.26. The molecule has 2 heterocycles. The molecule has 0 saturated carbocycles. The number of hydrogen-bond acceptors (Lipinski definition) is 6. The molecule has 7 nitrogen and oxygen atoms in total. The van der Waals surface area contributed by atoms with Crippen molar-refractivity contribution < 1.29 is 19.1 Å². The number of rotatable bonds is 6. The Morgan fingerprint density at radius 2 is 1.84 bits per heavy atom. The van der Waals surface area contributed by atoms with E-state index in [9.17, 15) is 14.4 Å². The summed E-state index contributed by atoms with van der Waals surface area (Å²) < 4.78 is 5.09. The Morgan fingerprint density at radius 1 is 1.12 bits per heavy atom. The number of nitrogens with one attached hydrogen (secondary N) is 1. The molecule has 2 saturated heterocycles. The molecule has 0 unspecified atom stereocenters. The fourth-order valence-electron chi connectivity index (χ4n) is 3.79. The van der Waals surface area contributed by atoms with Crippen LogP contribution in [0.1, 0.15) is 24.0 Å². The van der Waals surface area contributed by atoms with Crippen molar-refractivity contribution in [1.82, 2.24) is 4.90 Å². The fourth-order valence-corrected chi connectivity index (χ4v) is 4.62. The average molecular weight is 452 g/mol. The van der Waals surface area contributed by atoms with Crippen LogP contribution >= 0.6 is 11.8 Å². The second-order valence-electron chi connectivity index (χ2n) is 7.78. The van der Waals surface area contributed by atoms with E-state index in [1.165, 1.54) is 18.5 Å². The zero-order valence-corrected chi connectivity index (χ0v) is 18.9. The number of anilines is 2. The Bertz CT molecular complexity index is 1080. The molecule has 4 rings (SSSR count). The first-order valence-corrected chi connectivity index (χ1v) is 11.3. The molecule has 0 aromatic heterocycles. The lowest BCUT2D eigenvalue weighted by Gasteiger charge is -2.18. The summed E-state index contributed by atoms with van der Waals surface area (Å²) in [6.45, 7) is 3.80. The van der Waals surface area contributed by atoms with Crippen molar-refractivity contribution >= 4 is 46.3 Å². The first kappa shape index (κ1) is 22.0. The number of hydrogen-bond donors (Lipinski definition) is 1. The average Bonchev–Trinajstić information content (AvgIpc) is 3.41. The van der Waals surface area contributed by atoms with Gasteiger partial charge in [-0.25, -0.2) is 0 Å². The molecule has 0 aliphatic carbocycles. The van der Waals surface area contributed by atoms with Gasteiger partial charge in [-0.15, -0.1) is 0 Å². The summed E-state index contributed by atoms with van der Waals surface area (Å²) in [7, 11) is 1.56. The highest BCUT2D eigenvalue weighted by atomic mass is 32.2. The molecular weight excluding hydrogens is 426 g/mol. The maximum atomic E-state index is 12.8. The molecule has 32 heavy (non-hydrogen) atoms. The van der Waals surface area contributed by atoms with Gasteiger partial charge in [-0.05, 0) is 85.1 Å². The van der Waals surface area contributed by atoms with Crippen LogP contribution in [0.25, 0.3) is 6.08 Å². The number of methoxy groups -OCH3 is 1. The number of benzene rings is 2. The van der Waals surface area contributed by atoms with Gasteiger partial charge in [0.1, 0.15) is 12.3 Å². The first-order valence-electron chi connectivity index (χ1n) is 10.5. The summed E-state index contributed by atoms with van der Waals surface area (Å²) in [6.07, 6.45) is 4.15. The molecule has 2 aliphatic heterocycles. The summed E-state index contributed by atoms with van der Waals surface area (Å²) in [4.78, 5) is 41.2. The Morgan fingerprint density at radius 3 is 2.50 bits per heavy atom. The number of imide groups is 1. The van der Waals surface area contributed by atoms with Gasteiger partial charge >= 0.3 is 0 Å². The summed E-state index contributed by atoms with van der Waals surface area (Å²) in [5.41, 5.74) is 3.67. The normalized spacial score (nSPS) is 17.4. The number of carbonyl (C=O) groups is 3. The van der Waals surface area contributed by atoms with Gasteiger partial charge in [0.2, 0.25) is 5.91 Å². The van der Waals surface area contributed by atoms with E-state index in [2.05, 4.69) is 22.3 Å². The molecular formula is C24H25N3O4S. The monoisotopic (exact) mass is 451 g/mol. The number of nitrogens with zero attached hydrogens (tertiary/aromatic N) is 2. The molecule has 2 aromatic carbocycles. The second kappa shape index (κ2) is 9.48. The van der Waals surface area contributed by atoms with Crippen molar-refractivity contribution in [3.8, 4) is 5.75 Å². The van der Waals surface area contributed by atoms with Crippen molar-refractivity contribution in [1.29, 1.82) is 0 Å². The predicted octanol–water partition coefficient (Wildman–Crippen LogP) is 4.28. The van der Waals surface area contributed by atoms with E-state index in [0.717, 1.165) is 40.9 Å². The minimum atomic E-state index is -0.451. The number of amides is 3. The zero-order valence-electron chi connectivity index (χ0n) is 18.1.